The van der Waals surface area contributed by atoms with Crippen LogP contribution < -0.4 is 5.73 Å². The number of rotatable bonds is 3. The van der Waals surface area contributed by atoms with Crippen molar-refractivity contribution in [2.24, 2.45) is 0 Å². The van der Waals surface area contributed by atoms with Crippen LogP contribution in [0.2, 0.25) is 0 Å². The van der Waals surface area contributed by atoms with Crippen molar-refractivity contribution in [3.8, 4) is 0 Å². The molecule has 0 unspecified atom stereocenters. The monoisotopic (exact) mass is 230 g/mol. The number of anilines is 1. The molecule has 0 atom stereocenters. The third kappa shape index (κ3) is 2.08. The second-order valence-electron chi connectivity index (χ2n) is 3.64. The Balaban J connectivity index is 2.75. The maximum atomic E-state index is 10.8. The van der Waals surface area contributed by atoms with Gasteiger partial charge >= 0.3 is 5.97 Å². The summed E-state index contributed by atoms with van der Waals surface area (Å²) in [7, 11) is 0. The third-order valence-corrected chi connectivity index (χ3v) is 2.44. The highest BCUT2D eigenvalue weighted by Gasteiger charge is 2.10. The van der Waals surface area contributed by atoms with Crippen LogP contribution in [0.4, 0.5) is 5.69 Å². The average molecular weight is 230 g/mol. The lowest BCUT2D eigenvalue weighted by molar-refractivity contribution is -0.136. The van der Waals surface area contributed by atoms with E-state index in [0.717, 1.165) is 0 Å². The summed E-state index contributed by atoms with van der Waals surface area (Å²) in [5.41, 5.74) is 7.37. The summed E-state index contributed by atoms with van der Waals surface area (Å²) in [4.78, 5) is 25.6. The number of hydrogen-bond acceptors (Lipinski definition) is 4. The Bertz CT molecular complexity index is 608. The molecule has 5 nitrogen and oxygen atoms in total. The smallest absolute Gasteiger partial charge is 0.307 e. The van der Waals surface area contributed by atoms with Crippen molar-refractivity contribution < 1.29 is 14.7 Å². The Morgan fingerprint density at radius 1 is 1.47 bits per heavy atom. The molecule has 0 saturated heterocycles. The summed E-state index contributed by atoms with van der Waals surface area (Å²) in [6.07, 6.45) is 0.417. The fraction of sp³-hybridized carbons (Fsp3) is 0.0833. The SMILES string of the molecule is Nc1cccc2c(CC(=O)O)cc(C=O)nc12. The van der Waals surface area contributed by atoms with E-state index in [1.54, 1.807) is 18.2 Å². The number of hydrogen-bond donors (Lipinski definition) is 2. The number of aromatic nitrogens is 1. The van der Waals surface area contributed by atoms with Crippen LogP contribution >= 0.6 is 0 Å². The second-order valence-corrected chi connectivity index (χ2v) is 3.64. The number of carboxylic acid groups (broad SMARTS) is 1. The molecule has 2 aromatic rings. The summed E-state index contributed by atoms with van der Waals surface area (Å²) in [6, 6.07) is 6.61. The van der Waals surface area contributed by atoms with Gasteiger partial charge in [0, 0.05) is 5.39 Å². The summed E-state index contributed by atoms with van der Waals surface area (Å²) >= 11 is 0. The van der Waals surface area contributed by atoms with Crippen LogP contribution in [0.1, 0.15) is 16.1 Å². The molecule has 86 valence electrons. The van der Waals surface area contributed by atoms with E-state index in [2.05, 4.69) is 4.98 Å². The van der Waals surface area contributed by atoms with Gasteiger partial charge in [-0.2, -0.15) is 0 Å². The molecule has 0 aliphatic rings. The van der Waals surface area contributed by atoms with Crippen molar-refractivity contribution in [1.82, 2.24) is 4.98 Å². The van der Waals surface area contributed by atoms with Gasteiger partial charge in [-0.05, 0) is 17.7 Å². The van der Waals surface area contributed by atoms with Gasteiger partial charge in [0.1, 0.15) is 5.69 Å². The fourth-order valence-corrected chi connectivity index (χ4v) is 1.73. The van der Waals surface area contributed by atoms with Gasteiger partial charge < -0.3 is 10.8 Å². The molecule has 0 fully saturated rings. The number of benzene rings is 1. The number of nitrogens with two attached hydrogens (primary N) is 1. The van der Waals surface area contributed by atoms with Crippen LogP contribution in [0.3, 0.4) is 0 Å². The molecule has 0 amide bonds. The number of aliphatic carboxylic acids is 1. The molecule has 0 aliphatic carbocycles. The van der Waals surface area contributed by atoms with Crippen LogP contribution in [0, 0.1) is 0 Å². The van der Waals surface area contributed by atoms with Gasteiger partial charge in [0.25, 0.3) is 0 Å². The third-order valence-electron chi connectivity index (χ3n) is 2.44. The van der Waals surface area contributed by atoms with Crippen LogP contribution in [0.15, 0.2) is 24.3 Å². The molecular weight excluding hydrogens is 220 g/mol. The first kappa shape index (κ1) is 11.1. The number of para-hydroxylation sites is 1. The van der Waals surface area contributed by atoms with Crippen molar-refractivity contribution in [3.63, 3.8) is 0 Å². The van der Waals surface area contributed by atoms with E-state index in [4.69, 9.17) is 10.8 Å². The summed E-state index contributed by atoms with van der Waals surface area (Å²) < 4.78 is 0. The van der Waals surface area contributed by atoms with Gasteiger partial charge in [-0.1, -0.05) is 12.1 Å². The first-order valence-electron chi connectivity index (χ1n) is 4.97. The Morgan fingerprint density at radius 2 is 2.24 bits per heavy atom. The summed E-state index contributed by atoms with van der Waals surface area (Å²) in [6.45, 7) is 0. The lowest BCUT2D eigenvalue weighted by atomic mass is 10.0. The van der Waals surface area contributed by atoms with Gasteiger partial charge in [0.05, 0.1) is 17.6 Å². The molecule has 1 aromatic carbocycles. The van der Waals surface area contributed by atoms with Crippen molar-refractivity contribution >= 4 is 28.8 Å². The number of aldehydes is 1. The molecular formula is C12H10N2O3. The first-order valence-corrected chi connectivity index (χ1v) is 4.97. The first-order chi connectivity index (χ1) is 8.11. The number of carbonyl (C=O) groups excluding carboxylic acids is 1. The molecule has 0 aliphatic heterocycles. The number of nitrogens with zero attached hydrogens (tertiary/aromatic N) is 1. The van der Waals surface area contributed by atoms with Gasteiger partial charge in [0.15, 0.2) is 6.29 Å². The van der Waals surface area contributed by atoms with Crippen LogP contribution in [0.25, 0.3) is 10.9 Å². The molecule has 3 N–H and O–H groups in total. The Labute approximate surface area is 96.9 Å². The zero-order valence-electron chi connectivity index (χ0n) is 8.88. The molecule has 1 aromatic heterocycles. The van der Waals surface area contributed by atoms with Gasteiger partial charge in [-0.25, -0.2) is 4.98 Å². The van der Waals surface area contributed by atoms with Crippen molar-refractivity contribution in [3.05, 3.63) is 35.5 Å². The molecule has 1 heterocycles. The van der Waals surface area contributed by atoms with E-state index in [0.29, 0.717) is 28.4 Å². The van der Waals surface area contributed by atoms with Crippen LogP contribution in [-0.4, -0.2) is 22.3 Å². The van der Waals surface area contributed by atoms with Crippen LogP contribution in [0.5, 0.6) is 0 Å². The Hall–Kier alpha value is -2.43. The second kappa shape index (κ2) is 4.21. The highest BCUT2D eigenvalue weighted by Crippen LogP contribution is 2.23. The van der Waals surface area contributed by atoms with Crippen LogP contribution in [-0.2, 0) is 11.2 Å². The topological polar surface area (TPSA) is 93.3 Å². The lowest BCUT2D eigenvalue weighted by Crippen LogP contribution is -2.04. The molecule has 17 heavy (non-hydrogen) atoms. The summed E-state index contributed by atoms with van der Waals surface area (Å²) in [5, 5.41) is 9.48. The normalized spacial score (nSPS) is 10.4. The van der Waals surface area contributed by atoms with E-state index < -0.39 is 5.97 Å². The molecule has 0 saturated carbocycles. The molecule has 0 radical (unpaired) electrons. The van der Waals surface area contributed by atoms with Crippen molar-refractivity contribution in [1.29, 1.82) is 0 Å². The number of carboxylic acids is 1. The van der Waals surface area contributed by atoms with Crippen molar-refractivity contribution in [2.45, 2.75) is 6.42 Å². The fourth-order valence-electron chi connectivity index (χ4n) is 1.73. The Morgan fingerprint density at radius 3 is 2.88 bits per heavy atom. The quantitative estimate of drug-likeness (QED) is 0.611. The molecule has 0 bridgehead atoms. The number of carbonyl (C=O) groups is 2. The van der Waals surface area contributed by atoms with Gasteiger partial charge in [0.2, 0.25) is 0 Å². The lowest BCUT2D eigenvalue weighted by Gasteiger charge is -2.07. The minimum absolute atomic E-state index is 0.163. The number of pyridine rings is 1. The van der Waals surface area contributed by atoms with E-state index in [-0.39, 0.29) is 12.1 Å². The largest absolute Gasteiger partial charge is 0.481 e. The highest BCUT2D eigenvalue weighted by atomic mass is 16.4. The highest BCUT2D eigenvalue weighted by molar-refractivity contribution is 5.95. The molecule has 2 rings (SSSR count). The number of fused-ring (bicyclic) bond motifs is 1. The molecule has 5 heteroatoms. The van der Waals surface area contributed by atoms with Crippen molar-refractivity contribution in [2.75, 3.05) is 5.73 Å². The number of nitrogen functional groups attached to an aromatic ring is 1. The standard InChI is InChI=1S/C12H10N2O3/c13-10-3-1-2-9-7(5-11(16)17)4-8(6-15)14-12(9)10/h1-4,6H,5,13H2,(H,16,17). The maximum absolute atomic E-state index is 10.8. The van der Waals surface area contributed by atoms with E-state index >= 15 is 0 Å². The Kier molecular flexibility index (Phi) is 2.74. The predicted octanol–water partition coefficient (Wildman–Crippen LogP) is 1.26. The van der Waals surface area contributed by atoms with Gasteiger partial charge in [-0.3, -0.25) is 9.59 Å². The summed E-state index contributed by atoms with van der Waals surface area (Å²) in [5.74, 6) is -0.961. The van der Waals surface area contributed by atoms with E-state index in [9.17, 15) is 9.59 Å². The van der Waals surface area contributed by atoms with Gasteiger partial charge in [-0.15, -0.1) is 0 Å². The molecule has 0 spiro atoms. The van der Waals surface area contributed by atoms with E-state index in [1.165, 1.54) is 6.07 Å². The zero-order chi connectivity index (χ0) is 12.4. The minimum Gasteiger partial charge on any atom is -0.481 e. The zero-order valence-corrected chi connectivity index (χ0v) is 8.88. The predicted molar refractivity (Wildman–Crippen MR) is 62.9 cm³/mol. The van der Waals surface area contributed by atoms with E-state index in [1.807, 2.05) is 0 Å². The maximum Gasteiger partial charge on any atom is 0.307 e. The minimum atomic E-state index is -0.961. The average Bonchev–Trinajstić information content (AvgIpc) is 2.29.